The van der Waals surface area contributed by atoms with E-state index in [1.807, 2.05) is 49.4 Å². The van der Waals surface area contributed by atoms with Crippen LogP contribution >= 0.6 is 0 Å². The lowest BCUT2D eigenvalue weighted by Gasteiger charge is -2.13. The molecule has 0 radical (unpaired) electrons. The van der Waals surface area contributed by atoms with Gasteiger partial charge in [-0.1, -0.05) is 37.3 Å². The van der Waals surface area contributed by atoms with Crippen molar-refractivity contribution >= 4 is 16.7 Å². The van der Waals surface area contributed by atoms with E-state index >= 15 is 0 Å². The van der Waals surface area contributed by atoms with Crippen molar-refractivity contribution in [1.82, 2.24) is 5.32 Å². The summed E-state index contributed by atoms with van der Waals surface area (Å²) in [6.07, 6.45) is 3.16. The molecule has 6 heteroatoms. The van der Waals surface area contributed by atoms with Crippen LogP contribution in [-0.2, 0) is 23.6 Å². The molecule has 3 aromatic rings. The van der Waals surface area contributed by atoms with Crippen LogP contribution in [0.4, 0.5) is 4.39 Å². The first-order chi connectivity index (χ1) is 16.0. The molecule has 4 rings (SSSR count). The largest absolute Gasteiger partial charge is 0.497 e. The van der Waals surface area contributed by atoms with Gasteiger partial charge in [0.1, 0.15) is 11.6 Å². The molecule has 0 saturated heterocycles. The van der Waals surface area contributed by atoms with Gasteiger partial charge in [0.15, 0.2) is 0 Å². The molecule has 4 nitrogen and oxygen atoms in total. The van der Waals surface area contributed by atoms with Crippen molar-refractivity contribution in [3.8, 4) is 16.9 Å². The number of carbonyl (C=O) groups excluding carboxylic acids is 1. The van der Waals surface area contributed by atoms with Crippen molar-refractivity contribution in [2.24, 2.45) is 0 Å². The molecule has 1 fully saturated rings. The van der Waals surface area contributed by atoms with E-state index < -0.39 is 10.8 Å². The number of amides is 1. The molecule has 0 aliphatic heterocycles. The molecule has 1 aliphatic rings. The van der Waals surface area contributed by atoms with Gasteiger partial charge in [-0.15, -0.1) is 0 Å². The van der Waals surface area contributed by atoms with E-state index in [9.17, 15) is 13.4 Å². The Morgan fingerprint density at radius 1 is 1.12 bits per heavy atom. The third-order valence-electron chi connectivity index (χ3n) is 5.87. The van der Waals surface area contributed by atoms with Gasteiger partial charge in [0, 0.05) is 22.3 Å². The van der Waals surface area contributed by atoms with E-state index in [0.717, 1.165) is 34.4 Å². The number of nitrogens with one attached hydrogen (secondary N) is 1. The second kappa shape index (κ2) is 10.3. The van der Waals surface area contributed by atoms with Gasteiger partial charge in [0.25, 0.3) is 5.91 Å². The summed E-state index contributed by atoms with van der Waals surface area (Å²) in [5.41, 5.74) is 3.61. The molecular weight excluding hydrogens is 437 g/mol. The van der Waals surface area contributed by atoms with E-state index in [4.69, 9.17) is 4.74 Å². The zero-order chi connectivity index (χ0) is 23.4. The highest BCUT2D eigenvalue weighted by molar-refractivity contribution is 7.85. The molecule has 172 valence electrons. The summed E-state index contributed by atoms with van der Waals surface area (Å²) in [5.74, 6) is 0.612. The van der Waals surface area contributed by atoms with Crippen LogP contribution in [0.15, 0.2) is 65.6 Å². The summed E-state index contributed by atoms with van der Waals surface area (Å²) in [4.78, 5) is 13.2. The standard InChI is InChI=1S/C27H28FNO3S/c1-3-24-25(15-20(16-26(24)28)27(30)29-21-11-12-21)19-9-7-18(8-10-19)13-14-33(31)23-6-4-5-22(17-23)32-2/h4-10,15-17,21H,3,11-14H2,1-2H3,(H,29,30). The minimum atomic E-state index is -1.13. The summed E-state index contributed by atoms with van der Waals surface area (Å²) >= 11 is 0. The molecule has 33 heavy (non-hydrogen) atoms. The second-order valence-corrected chi connectivity index (χ2v) is 9.83. The van der Waals surface area contributed by atoms with Gasteiger partial charge in [-0.05, 0) is 78.3 Å². The normalized spacial score (nSPS) is 14.0. The Hall–Kier alpha value is -2.99. The Bertz CT molecular complexity index is 1170. The van der Waals surface area contributed by atoms with Crippen molar-refractivity contribution in [3.63, 3.8) is 0 Å². The average molecular weight is 466 g/mol. The van der Waals surface area contributed by atoms with Crippen molar-refractivity contribution < 1.29 is 18.1 Å². The maximum Gasteiger partial charge on any atom is 0.251 e. The number of rotatable bonds is 9. The van der Waals surface area contributed by atoms with Crippen LogP contribution in [0, 0.1) is 5.82 Å². The first-order valence-corrected chi connectivity index (χ1v) is 12.6. The Balaban J connectivity index is 1.49. The average Bonchev–Trinajstić information content (AvgIpc) is 3.66. The van der Waals surface area contributed by atoms with Crippen LogP contribution in [0.5, 0.6) is 5.75 Å². The van der Waals surface area contributed by atoms with E-state index in [0.29, 0.717) is 35.5 Å². The molecule has 1 atom stereocenters. The van der Waals surface area contributed by atoms with E-state index in [1.54, 1.807) is 19.2 Å². The highest BCUT2D eigenvalue weighted by Crippen LogP contribution is 2.29. The van der Waals surface area contributed by atoms with Gasteiger partial charge < -0.3 is 10.1 Å². The van der Waals surface area contributed by atoms with Crippen molar-refractivity contribution in [2.75, 3.05) is 12.9 Å². The lowest BCUT2D eigenvalue weighted by Crippen LogP contribution is -2.25. The summed E-state index contributed by atoms with van der Waals surface area (Å²) in [5, 5.41) is 2.93. The lowest BCUT2D eigenvalue weighted by atomic mass is 9.94. The minimum Gasteiger partial charge on any atom is -0.497 e. The molecular formula is C27H28FNO3S. The molecule has 0 heterocycles. The van der Waals surface area contributed by atoms with Gasteiger partial charge in [0.05, 0.1) is 17.9 Å². The zero-order valence-corrected chi connectivity index (χ0v) is 19.7. The molecule has 1 unspecified atom stereocenters. The van der Waals surface area contributed by atoms with E-state index in [1.165, 1.54) is 6.07 Å². The predicted molar refractivity (Wildman–Crippen MR) is 130 cm³/mol. The quantitative estimate of drug-likeness (QED) is 0.466. The number of carbonyl (C=O) groups is 1. The first-order valence-electron chi connectivity index (χ1n) is 11.2. The number of hydrogen-bond acceptors (Lipinski definition) is 3. The summed E-state index contributed by atoms with van der Waals surface area (Å²) in [6, 6.07) is 18.5. The van der Waals surface area contributed by atoms with Crippen molar-refractivity contribution in [3.05, 3.63) is 83.2 Å². The number of halogens is 1. The highest BCUT2D eigenvalue weighted by atomic mass is 32.2. The third-order valence-corrected chi connectivity index (χ3v) is 7.22. The van der Waals surface area contributed by atoms with Gasteiger partial charge in [0.2, 0.25) is 0 Å². The molecule has 1 N–H and O–H groups in total. The van der Waals surface area contributed by atoms with Crippen LogP contribution < -0.4 is 10.1 Å². The fourth-order valence-electron chi connectivity index (χ4n) is 3.80. The number of ether oxygens (including phenoxy) is 1. The Morgan fingerprint density at radius 2 is 1.88 bits per heavy atom. The van der Waals surface area contributed by atoms with E-state index in [2.05, 4.69) is 5.32 Å². The monoisotopic (exact) mass is 465 g/mol. The number of hydrogen-bond donors (Lipinski definition) is 1. The Kier molecular flexibility index (Phi) is 7.23. The lowest BCUT2D eigenvalue weighted by molar-refractivity contribution is 0.0950. The second-order valence-electron chi connectivity index (χ2n) is 8.26. The van der Waals surface area contributed by atoms with Gasteiger partial charge in [-0.3, -0.25) is 9.00 Å². The zero-order valence-electron chi connectivity index (χ0n) is 18.9. The van der Waals surface area contributed by atoms with Crippen LogP contribution in [0.2, 0.25) is 0 Å². The third kappa shape index (κ3) is 5.69. The predicted octanol–water partition coefficient (Wildman–Crippen LogP) is 5.31. The smallest absolute Gasteiger partial charge is 0.251 e. The van der Waals surface area contributed by atoms with Gasteiger partial charge in [-0.25, -0.2) is 4.39 Å². The van der Waals surface area contributed by atoms with Crippen molar-refractivity contribution in [2.45, 2.75) is 43.5 Å². The number of benzene rings is 3. The molecule has 1 saturated carbocycles. The highest BCUT2D eigenvalue weighted by Gasteiger charge is 2.25. The summed E-state index contributed by atoms with van der Waals surface area (Å²) in [6.45, 7) is 1.91. The van der Waals surface area contributed by atoms with Gasteiger partial charge >= 0.3 is 0 Å². The minimum absolute atomic E-state index is 0.219. The van der Waals surface area contributed by atoms with Crippen LogP contribution in [0.1, 0.15) is 41.3 Å². The molecule has 0 spiro atoms. The molecule has 1 amide bonds. The Morgan fingerprint density at radius 3 is 2.55 bits per heavy atom. The van der Waals surface area contributed by atoms with Crippen LogP contribution in [0.3, 0.4) is 0 Å². The molecule has 1 aliphatic carbocycles. The van der Waals surface area contributed by atoms with Crippen LogP contribution in [-0.4, -0.2) is 29.0 Å². The van der Waals surface area contributed by atoms with Crippen molar-refractivity contribution in [1.29, 1.82) is 0 Å². The fraction of sp³-hybridized carbons (Fsp3) is 0.296. The van der Waals surface area contributed by atoms with Crippen LogP contribution in [0.25, 0.3) is 11.1 Å². The molecule has 0 bridgehead atoms. The molecule has 0 aromatic heterocycles. The summed E-state index contributed by atoms with van der Waals surface area (Å²) < 4.78 is 32.7. The number of methoxy groups -OCH3 is 1. The van der Waals surface area contributed by atoms with E-state index in [-0.39, 0.29) is 17.8 Å². The topological polar surface area (TPSA) is 55.4 Å². The SMILES string of the molecule is CCc1c(F)cc(C(=O)NC2CC2)cc1-c1ccc(CCS(=O)c2cccc(OC)c2)cc1. The first kappa shape index (κ1) is 23.2. The molecule has 3 aromatic carbocycles. The Labute approximate surface area is 196 Å². The fourth-order valence-corrected chi connectivity index (χ4v) is 4.94. The van der Waals surface area contributed by atoms with Gasteiger partial charge in [-0.2, -0.15) is 0 Å². The summed E-state index contributed by atoms with van der Waals surface area (Å²) in [7, 11) is 0.464. The maximum absolute atomic E-state index is 14.8. The number of aryl methyl sites for hydroxylation is 1. The maximum atomic E-state index is 14.8.